The maximum Gasteiger partial charge on any atom is 0.212 e. The van der Waals surface area contributed by atoms with Crippen molar-refractivity contribution in [3.8, 4) is 0 Å². The van der Waals surface area contributed by atoms with Crippen molar-refractivity contribution in [2.24, 2.45) is 0 Å². The number of oxazole rings is 1. The fourth-order valence-electron chi connectivity index (χ4n) is 1.89. The van der Waals surface area contributed by atoms with Crippen LogP contribution in [0.3, 0.4) is 0 Å². The van der Waals surface area contributed by atoms with Crippen LogP contribution in [0.25, 0.3) is 0 Å². The predicted molar refractivity (Wildman–Crippen MR) is 51.1 cm³/mol. The molecule has 2 heterocycles. The summed E-state index contributed by atoms with van der Waals surface area (Å²) in [5.41, 5.74) is 0.388. The summed E-state index contributed by atoms with van der Waals surface area (Å²) in [6, 6.07) is 0.248. The number of likely N-dealkylation sites (tertiary alicyclic amines) is 1. The van der Waals surface area contributed by atoms with Crippen molar-refractivity contribution >= 4 is 6.29 Å². The highest BCUT2D eigenvalue weighted by Crippen LogP contribution is 2.28. The topological polar surface area (TPSA) is 46.3 Å². The first-order valence-corrected chi connectivity index (χ1v) is 4.92. The van der Waals surface area contributed by atoms with Gasteiger partial charge in [0.1, 0.15) is 12.0 Å². The molecule has 1 fully saturated rings. The molecule has 76 valence electrons. The van der Waals surface area contributed by atoms with Crippen LogP contribution in [-0.4, -0.2) is 29.8 Å². The summed E-state index contributed by atoms with van der Waals surface area (Å²) >= 11 is 0. The fourth-order valence-corrected chi connectivity index (χ4v) is 1.89. The molecule has 0 spiro atoms. The smallest absolute Gasteiger partial charge is 0.212 e. The van der Waals surface area contributed by atoms with E-state index in [9.17, 15) is 4.79 Å². The van der Waals surface area contributed by atoms with Gasteiger partial charge in [0.2, 0.25) is 5.89 Å². The summed E-state index contributed by atoms with van der Waals surface area (Å²) in [5.74, 6) is 0.675. The lowest BCUT2D eigenvalue weighted by Crippen LogP contribution is -2.29. The SMILES string of the molecule is CN1CCCCC1c1nc(C=O)co1. The Balaban J connectivity index is 2.16. The van der Waals surface area contributed by atoms with Crippen LogP contribution in [0.5, 0.6) is 0 Å². The minimum atomic E-state index is 0.248. The maximum atomic E-state index is 10.4. The molecule has 1 atom stereocenters. The molecule has 1 saturated heterocycles. The lowest BCUT2D eigenvalue weighted by atomic mass is 10.0. The van der Waals surface area contributed by atoms with Crippen molar-refractivity contribution in [2.45, 2.75) is 25.3 Å². The Morgan fingerprint density at radius 1 is 1.64 bits per heavy atom. The number of nitrogens with zero attached hydrogens (tertiary/aromatic N) is 2. The minimum Gasteiger partial charge on any atom is -0.446 e. The molecule has 0 bridgehead atoms. The van der Waals surface area contributed by atoms with Gasteiger partial charge in [0.05, 0.1) is 6.04 Å². The van der Waals surface area contributed by atoms with Crippen molar-refractivity contribution in [3.63, 3.8) is 0 Å². The fraction of sp³-hybridized carbons (Fsp3) is 0.600. The zero-order valence-electron chi connectivity index (χ0n) is 8.27. The zero-order chi connectivity index (χ0) is 9.97. The monoisotopic (exact) mass is 194 g/mol. The molecule has 14 heavy (non-hydrogen) atoms. The van der Waals surface area contributed by atoms with Crippen molar-refractivity contribution in [1.82, 2.24) is 9.88 Å². The van der Waals surface area contributed by atoms with Crippen LogP contribution in [0.1, 0.15) is 41.7 Å². The van der Waals surface area contributed by atoms with Gasteiger partial charge >= 0.3 is 0 Å². The van der Waals surface area contributed by atoms with Crippen LogP contribution >= 0.6 is 0 Å². The molecule has 1 aliphatic rings. The average molecular weight is 194 g/mol. The van der Waals surface area contributed by atoms with Crippen LogP contribution in [0.2, 0.25) is 0 Å². The van der Waals surface area contributed by atoms with E-state index in [1.807, 2.05) is 0 Å². The number of aldehydes is 1. The maximum absolute atomic E-state index is 10.4. The summed E-state index contributed by atoms with van der Waals surface area (Å²) < 4.78 is 5.28. The molecule has 1 aromatic heterocycles. The third-order valence-corrected chi connectivity index (χ3v) is 2.72. The van der Waals surface area contributed by atoms with Crippen LogP contribution in [0.15, 0.2) is 10.7 Å². The molecular weight excluding hydrogens is 180 g/mol. The highest BCUT2D eigenvalue weighted by molar-refractivity contribution is 5.70. The van der Waals surface area contributed by atoms with Crippen molar-refractivity contribution in [2.75, 3.05) is 13.6 Å². The van der Waals surface area contributed by atoms with Crippen LogP contribution in [0.4, 0.5) is 0 Å². The largest absolute Gasteiger partial charge is 0.446 e. The van der Waals surface area contributed by atoms with E-state index in [0.717, 1.165) is 19.3 Å². The summed E-state index contributed by atoms with van der Waals surface area (Å²) in [6.07, 6.45) is 5.64. The van der Waals surface area contributed by atoms with Gasteiger partial charge in [-0.2, -0.15) is 0 Å². The van der Waals surface area contributed by atoms with E-state index in [1.165, 1.54) is 19.1 Å². The number of rotatable bonds is 2. The molecule has 0 radical (unpaired) electrons. The van der Waals surface area contributed by atoms with Crippen LogP contribution < -0.4 is 0 Å². The summed E-state index contributed by atoms with van der Waals surface area (Å²) in [5, 5.41) is 0. The van der Waals surface area contributed by atoms with E-state index in [1.54, 1.807) is 0 Å². The molecule has 1 aromatic rings. The Morgan fingerprint density at radius 3 is 3.14 bits per heavy atom. The van der Waals surface area contributed by atoms with Crippen LogP contribution in [0, 0.1) is 0 Å². The number of piperidine rings is 1. The first kappa shape index (κ1) is 9.40. The van der Waals surface area contributed by atoms with Gasteiger partial charge in [0, 0.05) is 0 Å². The van der Waals surface area contributed by atoms with Gasteiger partial charge in [0.15, 0.2) is 6.29 Å². The highest BCUT2D eigenvalue weighted by Gasteiger charge is 2.24. The molecule has 0 N–H and O–H groups in total. The predicted octanol–water partition coefficient (Wildman–Crippen LogP) is 1.64. The number of hydrogen-bond acceptors (Lipinski definition) is 4. The van der Waals surface area contributed by atoms with Crippen LogP contribution in [-0.2, 0) is 0 Å². The highest BCUT2D eigenvalue weighted by atomic mass is 16.3. The van der Waals surface area contributed by atoms with E-state index in [-0.39, 0.29) is 6.04 Å². The summed E-state index contributed by atoms with van der Waals surface area (Å²) in [4.78, 5) is 16.8. The van der Waals surface area contributed by atoms with E-state index >= 15 is 0 Å². The van der Waals surface area contributed by atoms with Gasteiger partial charge in [-0.15, -0.1) is 0 Å². The number of hydrogen-bond donors (Lipinski definition) is 0. The van der Waals surface area contributed by atoms with Gasteiger partial charge in [-0.05, 0) is 26.4 Å². The van der Waals surface area contributed by atoms with Gasteiger partial charge in [-0.3, -0.25) is 9.69 Å². The molecule has 4 nitrogen and oxygen atoms in total. The number of carbonyl (C=O) groups is 1. The van der Waals surface area contributed by atoms with E-state index in [0.29, 0.717) is 11.6 Å². The molecule has 1 unspecified atom stereocenters. The Kier molecular flexibility index (Phi) is 2.63. The first-order valence-electron chi connectivity index (χ1n) is 4.92. The molecule has 0 saturated carbocycles. The third-order valence-electron chi connectivity index (χ3n) is 2.72. The molecule has 2 rings (SSSR count). The Morgan fingerprint density at radius 2 is 2.50 bits per heavy atom. The minimum absolute atomic E-state index is 0.248. The van der Waals surface area contributed by atoms with E-state index < -0.39 is 0 Å². The first-order chi connectivity index (χ1) is 6.81. The molecular formula is C10H14N2O2. The molecule has 0 amide bonds. The summed E-state index contributed by atoms with van der Waals surface area (Å²) in [6.45, 7) is 1.07. The Labute approximate surface area is 82.9 Å². The van der Waals surface area contributed by atoms with E-state index in [4.69, 9.17) is 4.42 Å². The lowest BCUT2D eigenvalue weighted by molar-refractivity contribution is 0.111. The Hall–Kier alpha value is -1.16. The standard InChI is InChI=1S/C10H14N2O2/c1-12-5-3-2-4-9(12)10-11-8(6-13)7-14-10/h6-7,9H,2-5H2,1H3. The van der Waals surface area contributed by atoms with E-state index in [2.05, 4.69) is 16.9 Å². The molecule has 0 aliphatic carbocycles. The third kappa shape index (κ3) is 1.70. The van der Waals surface area contributed by atoms with Gasteiger partial charge < -0.3 is 4.42 Å². The van der Waals surface area contributed by atoms with Gasteiger partial charge in [-0.25, -0.2) is 4.98 Å². The second-order valence-corrected chi connectivity index (χ2v) is 3.72. The normalized spacial score (nSPS) is 23.6. The average Bonchev–Trinajstić information content (AvgIpc) is 2.67. The quantitative estimate of drug-likeness (QED) is 0.671. The van der Waals surface area contributed by atoms with Crippen molar-refractivity contribution in [1.29, 1.82) is 0 Å². The molecule has 4 heteroatoms. The lowest BCUT2D eigenvalue weighted by Gasteiger charge is -2.29. The molecule has 0 aromatic carbocycles. The number of carbonyl (C=O) groups excluding carboxylic acids is 1. The zero-order valence-corrected chi connectivity index (χ0v) is 8.27. The van der Waals surface area contributed by atoms with Gasteiger partial charge in [0.25, 0.3) is 0 Å². The number of aromatic nitrogens is 1. The van der Waals surface area contributed by atoms with Crippen molar-refractivity contribution < 1.29 is 9.21 Å². The second kappa shape index (κ2) is 3.92. The summed E-state index contributed by atoms with van der Waals surface area (Å²) in [7, 11) is 2.06. The molecule has 1 aliphatic heterocycles. The Bertz CT molecular complexity index is 322. The second-order valence-electron chi connectivity index (χ2n) is 3.72. The van der Waals surface area contributed by atoms with Crippen molar-refractivity contribution in [3.05, 3.63) is 17.8 Å². The van der Waals surface area contributed by atoms with Gasteiger partial charge in [-0.1, -0.05) is 6.42 Å².